The lowest BCUT2D eigenvalue weighted by Crippen LogP contribution is -2.63. The van der Waals surface area contributed by atoms with Crippen LogP contribution in [0.2, 0.25) is 0 Å². The van der Waals surface area contributed by atoms with E-state index in [4.69, 9.17) is 5.11 Å². The highest BCUT2D eigenvalue weighted by molar-refractivity contribution is 5.81. The summed E-state index contributed by atoms with van der Waals surface area (Å²) in [6.45, 7) is 6.28. The number of carbonyl (C=O) groups excluding carboxylic acids is 1. The van der Waals surface area contributed by atoms with Crippen LogP contribution in [-0.4, -0.2) is 56.7 Å². The van der Waals surface area contributed by atoms with Crippen LogP contribution in [0.5, 0.6) is 0 Å². The highest BCUT2D eigenvalue weighted by atomic mass is 16.4. The first-order valence-electron chi connectivity index (χ1n) is 13.0. The van der Waals surface area contributed by atoms with Crippen LogP contribution >= 0.6 is 0 Å². The SMILES string of the molecule is C[C@H](CCC(=O)NCC(=O)O)[C@H]1CC[C@H]2[C@@H]3[C@H](O)C[C@@H]4C[C@H](O)CC[C@]4(C)[C@@H]3C[C@H](C)[C@]12O. The van der Waals surface area contributed by atoms with Gasteiger partial charge in [0.15, 0.2) is 0 Å². The molecule has 4 aliphatic carbocycles. The van der Waals surface area contributed by atoms with Crippen LogP contribution in [0.3, 0.4) is 0 Å². The molecule has 1 amide bonds. The minimum absolute atomic E-state index is 0.0687. The molecule has 0 saturated heterocycles. The molecule has 0 aliphatic heterocycles. The lowest BCUT2D eigenvalue weighted by molar-refractivity contribution is -0.220. The Morgan fingerprint density at radius 1 is 1.09 bits per heavy atom. The Kier molecular flexibility index (Phi) is 6.89. The monoisotopic (exact) mass is 465 g/mol. The average molecular weight is 466 g/mol. The van der Waals surface area contributed by atoms with Crippen molar-refractivity contribution in [3.8, 4) is 0 Å². The smallest absolute Gasteiger partial charge is 0.322 e. The average Bonchev–Trinajstić information content (AvgIpc) is 3.11. The van der Waals surface area contributed by atoms with Gasteiger partial charge in [-0.1, -0.05) is 20.8 Å². The minimum atomic E-state index is -1.05. The first kappa shape index (κ1) is 24.9. The van der Waals surface area contributed by atoms with E-state index in [1.807, 2.05) is 0 Å². The molecule has 0 spiro atoms. The van der Waals surface area contributed by atoms with Gasteiger partial charge < -0.3 is 25.7 Å². The molecule has 4 rings (SSSR count). The number of fused-ring (bicyclic) bond motifs is 5. The topological polar surface area (TPSA) is 127 Å². The van der Waals surface area contributed by atoms with E-state index in [0.717, 1.165) is 44.9 Å². The standard InChI is InChI=1S/C26H43NO6/c1-14(4-7-22(30)27-13-23(31)32)18-5-6-19-24-20(10-15(2)26(18,19)33)25(3)9-8-17(28)11-16(25)12-21(24)29/h14-21,24,28-29,33H,4-13H2,1-3H3,(H,27,30)(H,31,32)/t14-,15+,16+,17-,18-,19+,20-,21-,24+,25+,26+/m1/s1. The lowest BCUT2D eigenvalue weighted by atomic mass is 9.43. The highest BCUT2D eigenvalue weighted by Gasteiger charge is 2.66. The minimum Gasteiger partial charge on any atom is -0.480 e. The van der Waals surface area contributed by atoms with E-state index in [1.165, 1.54) is 0 Å². The Morgan fingerprint density at radius 2 is 1.82 bits per heavy atom. The molecule has 7 nitrogen and oxygen atoms in total. The largest absolute Gasteiger partial charge is 0.480 e. The van der Waals surface area contributed by atoms with Crippen molar-refractivity contribution in [2.45, 2.75) is 96.4 Å². The fourth-order valence-corrected chi connectivity index (χ4v) is 8.84. The molecular weight excluding hydrogens is 422 g/mol. The molecule has 0 aromatic rings. The summed E-state index contributed by atoms with van der Waals surface area (Å²) in [5.74, 6) is -0.0912. The van der Waals surface area contributed by atoms with Crippen molar-refractivity contribution >= 4 is 11.9 Å². The molecule has 4 fully saturated rings. The highest BCUT2D eigenvalue weighted by Crippen LogP contribution is 2.66. The number of hydrogen-bond acceptors (Lipinski definition) is 5. The Bertz CT molecular complexity index is 759. The number of aliphatic hydroxyl groups is 3. The number of aliphatic carboxylic acids is 1. The maximum atomic E-state index is 12.2. The number of carboxylic acid groups (broad SMARTS) is 1. The maximum absolute atomic E-state index is 12.2. The second kappa shape index (κ2) is 9.12. The zero-order chi connectivity index (χ0) is 24.1. The normalized spacial score (nSPS) is 47.7. The van der Waals surface area contributed by atoms with E-state index in [0.29, 0.717) is 18.3 Å². The van der Waals surface area contributed by atoms with Crippen molar-refractivity contribution in [1.29, 1.82) is 0 Å². The van der Waals surface area contributed by atoms with E-state index in [9.17, 15) is 24.9 Å². The first-order chi connectivity index (χ1) is 15.5. The van der Waals surface area contributed by atoms with Crippen molar-refractivity contribution in [3.05, 3.63) is 0 Å². The molecule has 33 heavy (non-hydrogen) atoms. The molecule has 7 heteroatoms. The zero-order valence-corrected chi connectivity index (χ0v) is 20.4. The number of rotatable bonds is 6. The number of amides is 1. The fourth-order valence-electron chi connectivity index (χ4n) is 8.84. The van der Waals surface area contributed by atoms with Crippen LogP contribution in [0.25, 0.3) is 0 Å². The Balaban J connectivity index is 1.49. The van der Waals surface area contributed by atoms with Gasteiger partial charge in [-0.25, -0.2) is 0 Å². The summed E-state index contributed by atoms with van der Waals surface area (Å²) >= 11 is 0. The number of nitrogens with one attached hydrogen (secondary N) is 1. The van der Waals surface area contributed by atoms with Crippen LogP contribution in [-0.2, 0) is 9.59 Å². The van der Waals surface area contributed by atoms with Gasteiger partial charge in [-0.15, -0.1) is 0 Å². The van der Waals surface area contributed by atoms with Crippen molar-refractivity contribution < 1.29 is 30.0 Å². The van der Waals surface area contributed by atoms with Crippen molar-refractivity contribution in [3.63, 3.8) is 0 Å². The molecule has 0 aromatic carbocycles. The molecular formula is C26H43NO6. The van der Waals surface area contributed by atoms with Crippen LogP contribution in [0.1, 0.15) is 78.6 Å². The zero-order valence-electron chi connectivity index (χ0n) is 20.4. The molecule has 4 saturated carbocycles. The summed E-state index contributed by atoms with van der Waals surface area (Å²) in [7, 11) is 0. The van der Waals surface area contributed by atoms with Gasteiger partial charge in [-0.05, 0) is 98.2 Å². The van der Waals surface area contributed by atoms with Gasteiger partial charge in [-0.2, -0.15) is 0 Å². The summed E-state index contributed by atoms with van der Waals surface area (Å²) < 4.78 is 0. The summed E-state index contributed by atoms with van der Waals surface area (Å²) in [5.41, 5.74) is -0.721. The molecule has 0 aromatic heterocycles. The second-order valence-corrected chi connectivity index (χ2v) is 12.1. The van der Waals surface area contributed by atoms with Crippen molar-refractivity contribution in [2.24, 2.45) is 46.8 Å². The van der Waals surface area contributed by atoms with Gasteiger partial charge >= 0.3 is 5.97 Å². The molecule has 0 unspecified atom stereocenters. The Labute approximate surface area is 197 Å². The van der Waals surface area contributed by atoms with Gasteiger partial charge in [0, 0.05) is 6.42 Å². The molecule has 4 aliphatic rings. The quantitative estimate of drug-likeness (QED) is 0.410. The van der Waals surface area contributed by atoms with E-state index < -0.39 is 17.7 Å². The second-order valence-electron chi connectivity index (χ2n) is 12.1. The predicted octanol–water partition coefficient (Wildman–Crippen LogP) is 2.56. The Hall–Kier alpha value is -1.18. The van der Waals surface area contributed by atoms with E-state index in [-0.39, 0.29) is 60.0 Å². The molecule has 0 radical (unpaired) electrons. The lowest BCUT2D eigenvalue weighted by Gasteiger charge is -2.63. The third-order valence-corrected chi connectivity index (χ3v) is 10.6. The molecule has 188 valence electrons. The summed E-state index contributed by atoms with van der Waals surface area (Å²) in [6, 6.07) is 0. The van der Waals surface area contributed by atoms with Gasteiger partial charge in [0.25, 0.3) is 0 Å². The Morgan fingerprint density at radius 3 is 2.52 bits per heavy atom. The number of aliphatic hydroxyl groups excluding tert-OH is 2. The van der Waals surface area contributed by atoms with E-state index in [1.54, 1.807) is 0 Å². The number of hydrogen-bond donors (Lipinski definition) is 5. The van der Waals surface area contributed by atoms with Crippen LogP contribution in [0.4, 0.5) is 0 Å². The van der Waals surface area contributed by atoms with Crippen LogP contribution in [0, 0.1) is 46.8 Å². The van der Waals surface area contributed by atoms with Crippen LogP contribution in [0.15, 0.2) is 0 Å². The summed E-state index contributed by atoms with van der Waals surface area (Å²) in [4.78, 5) is 22.7. The van der Waals surface area contributed by atoms with Gasteiger partial charge in [0.2, 0.25) is 5.91 Å². The third-order valence-electron chi connectivity index (χ3n) is 10.6. The predicted molar refractivity (Wildman–Crippen MR) is 123 cm³/mol. The van der Waals surface area contributed by atoms with Crippen LogP contribution < -0.4 is 5.32 Å². The van der Waals surface area contributed by atoms with Crippen molar-refractivity contribution in [2.75, 3.05) is 6.54 Å². The van der Waals surface area contributed by atoms with Gasteiger partial charge in [-0.3, -0.25) is 9.59 Å². The number of carboxylic acids is 1. The van der Waals surface area contributed by atoms with E-state index >= 15 is 0 Å². The fraction of sp³-hybridized carbons (Fsp3) is 0.923. The van der Waals surface area contributed by atoms with Gasteiger partial charge in [0.1, 0.15) is 6.54 Å². The molecule has 0 bridgehead atoms. The summed E-state index contributed by atoms with van der Waals surface area (Å²) in [5, 5.41) is 44.9. The first-order valence-corrected chi connectivity index (χ1v) is 13.0. The third kappa shape index (κ3) is 4.23. The van der Waals surface area contributed by atoms with Crippen molar-refractivity contribution in [1.82, 2.24) is 5.32 Å². The summed E-state index contributed by atoms with van der Waals surface area (Å²) in [6.07, 6.45) is 6.23. The van der Waals surface area contributed by atoms with E-state index in [2.05, 4.69) is 26.1 Å². The molecule has 11 atom stereocenters. The molecule has 5 N–H and O–H groups in total. The molecule has 0 heterocycles. The van der Waals surface area contributed by atoms with Gasteiger partial charge in [0.05, 0.1) is 17.8 Å². The number of carbonyl (C=O) groups is 2. The maximum Gasteiger partial charge on any atom is 0.322 e.